The first-order chi connectivity index (χ1) is 10.5. The van der Waals surface area contributed by atoms with Gasteiger partial charge in [0.1, 0.15) is 0 Å². The molecular formula is C15H20N2O4S2. The Morgan fingerprint density at radius 1 is 0.957 bits per heavy atom. The molecule has 126 valence electrons. The van der Waals surface area contributed by atoms with Gasteiger partial charge in [0, 0.05) is 12.1 Å². The van der Waals surface area contributed by atoms with Crippen LogP contribution in [0.1, 0.15) is 13.8 Å². The zero-order valence-corrected chi connectivity index (χ0v) is 14.8. The highest BCUT2D eigenvalue weighted by Crippen LogP contribution is 2.19. The number of rotatable bonds is 6. The molecule has 0 aliphatic heterocycles. The standard InChI is InChI=1S/C15H20N2O4S2/c1-15(2,17-22(3,18)19)11-16-23(20,21)14-9-8-12-6-4-5-7-13(12)10-14/h4-10,16-17H,11H2,1-3H3. The Labute approximate surface area is 137 Å². The smallest absolute Gasteiger partial charge is 0.213 e. The van der Waals surface area contributed by atoms with Crippen LogP contribution < -0.4 is 9.44 Å². The van der Waals surface area contributed by atoms with Crippen molar-refractivity contribution in [2.24, 2.45) is 0 Å². The van der Waals surface area contributed by atoms with Crippen molar-refractivity contribution in [2.45, 2.75) is 24.3 Å². The summed E-state index contributed by atoms with van der Waals surface area (Å²) < 4.78 is 52.2. The van der Waals surface area contributed by atoms with Crippen molar-refractivity contribution in [1.29, 1.82) is 0 Å². The predicted molar refractivity (Wildman–Crippen MR) is 91.2 cm³/mol. The number of fused-ring (bicyclic) bond motifs is 1. The second-order valence-corrected chi connectivity index (χ2v) is 9.61. The maximum absolute atomic E-state index is 12.4. The molecule has 0 aliphatic carbocycles. The average Bonchev–Trinajstić information content (AvgIpc) is 2.42. The Morgan fingerprint density at radius 2 is 1.57 bits per heavy atom. The molecular weight excluding hydrogens is 336 g/mol. The number of benzene rings is 2. The first-order valence-corrected chi connectivity index (χ1v) is 10.3. The molecule has 2 aromatic rings. The zero-order valence-electron chi connectivity index (χ0n) is 13.2. The quantitative estimate of drug-likeness (QED) is 0.819. The van der Waals surface area contributed by atoms with Gasteiger partial charge in [-0.25, -0.2) is 26.3 Å². The van der Waals surface area contributed by atoms with Crippen molar-refractivity contribution in [3.8, 4) is 0 Å². The van der Waals surface area contributed by atoms with Crippen LogP contribution in [0.2, 0.25) is 0 Å². The molecule has 0 aliphatic rings. The van der Waals surface area contributed by atoms with Gasteiger partial charge in [-0.05, 0) is 36.8 Å². The van der Waals surface area contributed by atoms with Gasteiger partial charge in [0.2, 0.25) is 20.0 Å². The van der Waals surface area contributed by atoms with E-state index in [1.165, 1.54) is 6.07 Å². The molecule has 0 heterocycles. The number of hydrogen-bond acceptors (Lipinski definition) is 4. The van der Waals surface area contributed by atoms with Crippen molar-refractivity contribution in [3.63, 3.8) is 0 Å². The van der Waals surface area contributed by atoms with Crippen LogP contribution in [0.25, 0.3) is 10.8 Å². The van der Waals surface area contributed by atoms with E-state index in [2.05, 4.69) is 9.44 Å². The van der Waals surface area contributed by atoms with Gasteiger partial charge in [0.15, 0.2) is 0 Å². The fourth-order valence-corrected chi connectivity index (χ4v) is 4.55. The Hall–Kier alpha value is -1.48. The van der Waals surface area contributed by atoms with Crippen LogP contribution in [0, 0.1) is 0 Å². The Morgan fingerprint density at radius 3 is 2.17 bits per heavy atom. The fraction of sp³-hybridized carbons (Fsp3) is 0.333. The van der Waals surface area contributed by atoms with Crippen LogP contribution in [0.15, 0.2) is 47.4 Å². The van der Waals surface area contributed by atoms with Crippen LogP contribution in [-0.4, -0.2) is 35.2 Å². The SMILES string of the molecule is CC(C)(CNS(=O)(=O)c1ccc2ccccc2c1)NS(C)(=O)=O. The summed E-state index contributed by atoms with van der Waals surface area (Å²) >= 11 is 0. The number of sulfonamides is 2. The van der Waals surface area contributed by atoms with E-state index in [-0.39, 0.29) is 11.4 Å². The minimum atomic E-state index is -3.73. The van der Waals surface area contributed by atoms with Crippen LogP contribution in [0.3, 0.4) is 0 Å². The van der Waals surface area contributed by atoms with E-state index in [9.17, 15) is 16.8 Å². The lowest BCUT2D eigenvalue weighted by Gasteiger charge is -2.25. The minimum Gasteiger partial charge on any atom is -0.213 e. The maximum Gasteiger partial charge on any atom is 0.240 e. The minimum absolute atomic E-state index is 0.0603. The summed E-state index contributed by atoms with van der Waals surface area (Å²) in [5.41, 5.74) is -0.933. The molecule has 8 heteroatoms. The normalized spacial score (nSPS) is 13.3. The van der Waals surface area contributed by atoms with E-state index in [1.54, 1.807) is 26.0 Å². The molecule has 2 aromatic carbocycles. The van der Waals surface area contributed by atoms with E-state index in [1.807, 2.05) is 24.3 Å². The zero-order chi connectivity index (χ0) is 17.3. The van der Waals surface area contributed by atoms with Gasteiger partial charge in [-0.2, -0.15) is 0 Å². The van der Waals surface area contributed by atoms with E-state index in [0.717, 1.165) is 17.0 Å². The van der Waals surface area contributed by atoms with E-state index in [0.29, 0.717) is 0 Å². The van der Waals surface area contributed by atoms with Gasteiger partial charge in [-0.1, -0.05) is 30.3 Å². The van der Waals surface area contributed by atoms with Crippen molar-refractivity contribution in [3.05, 3.63) is 42.5 Å². The fourth-order valence-electron chi connectivity index (χ4n) is 2.23. The third-order valence-electron chi connectivity index (χ3n) is 3.20. The molecule has 2 rings (SSSR count). The van der Waals surface area contributed by atoms with Gasteiger partial charge < -0.3 is 0 Å². The third kappa shape index (κ3) is 5.00. The average molecular weight is 356 g/mol. The van der Waals surface area contributed by atoms with Gasteiger partial charge in [-0.3, -0.25) is 0 Å². The van der Waals surface area contributed by atoms with Crippen LogP contribution in [0.5, 0.6) is 0 Å². The van der Waals surface area contributed by atoms with Gasteiger partial charge >= 0.3 is 0 Å². The molecule has 0 atom stereocenters. The Balaban J connectivity index is 2.20. The van der Waals surface area contributed by atoms with Gasteiger partial charge in [0.25, 0.3) is 0 Å². The van der Waals surface area contributed by atoms with Crippen LogP contribution in [0.4, 0.5) is 0 Å². The molecule has 0 aromatic heterocycles. The summed E-state index contributed by atoms with van der Waals surface area (Å²) in [6.07, 6.45) is 1.03. The van der Waals surface area contributed by atoms with Crippen LogP contribution >= 0.6 is 0 Å². The maximum atomic E-state index is 12.4. The highest BCUT2D eigenvalue weighted by Gasteiger charge is 2.25. The first kappa shape index (κ1) is 17.9. The summed E-state index contributed by atoms with van der Waals surface area (Å²) in [6, 6.07) is 12.3. The molecule has 0 fully saturated rings. The lowest BCUT2D eigenvalue weighted by molar-refractivity contribution is 0.446. The molecule has 0 radical (unpaired) electrons. The molecule has 0 amide bonds. The van der Waals surface area contributed by atoms with Crippen LogP contribution in [-0.2, 0) is 20.0 Å². The molecule has 23 heavy (non-hydrogen) atoms. The number of hydrogen-bond donors (Lipinski definition) is 2. The molecule has 0 unspecified atom stereocenters. The Kier molecular flexibility index (Phi) is 4.81. The monoisotopic (exact) mass is 356 g/mol. The van der Waals surface area contributed by atoms with E-state index in [4.69, 9.17) is 0 Å². The molecule has 6 nitrogen and oxygen atoms in total. The topological polar surface area (TPSA) is 92.3 Å². The van der Waals surface area contributed by atoms with Gasteiger partial charge in [-0.15, -0.1) is 0 Å². The van der Waals surface area contributed by atoms with E-state index >= 15 is 0 Å². The van der Waals surface area contributed by atoms with Crippen molar-refractivity contribution in [1.82, 2.24) is 9.44 Å². The first-order valence-electron chi connectivity index (χ1n) is 6.96. The molecule has 0 bridgehead atoms. The largest absolute Gasteiger partial charge is 0.240 e. The van der Waals surface area contributed by atoms with Gasteiger partial charge in [0.05, 0.1) is 11.2 Å². The van der Waals surface area contributed by atoms with E-state index < -0.39 is 25.6 Å². The lowest BCUT2D eigenvalue weighted by atomic mass is 10.1. The summed E-state index contributed by atoms with van der Waals surface area (Å²) in [5.74, 6) is 0. The molecule has 0 spiro atoms. The summed E-state index contributed by atoms with van der Waals surface area (Å²) in [7, 11) is -7.15. The Bertz CT molecular complexity index is 919. The highest BCUT2D eigenvalue weighted by atomic mass is 32.2. The molecule has 2 N–H and O–H groups in total. The molecule has 0 saturated carbocycles. The second kappa shape index (κ2) is 6.20. The number of nitrogens with one attached hydrogen (secondary N) is 2. The summed E-state index contributed by atoms with van der Waals surface area (Å²) in [5, 5.41) is 1.77. The highest BCUT2D eigenvalue weighted by molar-refractivity contribution is 7.89. The molecule has 0 saturated heterocycles. The lowest BCUT2D eigenvalue weighted by Crippen LogP contribution is -2.50. The second-order valence-electron chi connectivity index (χ2n) is 6.09. The summed E-state index contributed by atoms with van der Waals surface area (Å²) in [4.78, 5) is 0.145. The third-order valence-corrected chi connectivity index (χ3v) is 5.52. The van der Waals surface area contributed by atoms with Crippen molar-refractivity contribution >= 4 is 30.8 Å². The predicted octanol–water partition coefficient (Wildman–Crippen LogP) is 1.45. The summed E-state index contributed by atoms with van der Waals surface area (Å²) in [6.45, 7) is 3.16. The van der Waals surface area contributed by atoms with Crippen molar-refractivity contribution in [2.75, 3.05) is 12.8 Å². The van der Waals surface area contributed by atoms with Crippen molar-refractivity contribution < 1.29 is 16.8 Å².